The van der Waals surface area contributed by atoms with Gasteiger partial charge in [-0.2, -0.15) is 0 Å². The fourth-order valence-electron chi connectivity index (χ4n) is 4.62. The van der Waals surface area contributed by atoms with E-state index >= 15 is 0 Å². The van der Waals surface area contributed by atoms with Crippen LogP contribution in [0.2, 0.25) is 39.3 Å². The van der Waals surface area contributed by atoms with Crippen LogP contribution in [0.15, 0.2) is 29.7 Å². The summed E-state index contributed by atoms with van der Waals surface area (Å²) in [4.78, 5) is 31.8. The fraction of sp³-hybridized carbons (Fsp3) is 0.609. The van der Waals surface area contributed by atoms with Crippen molar-refractivity contribution in [2.45, 2.75) is 82.9 Å². The molecule has 3 aliphatic rings. The van der Waals surface area contributed by atoms with Gasteiger partial charge in [0, 0.05) is 23.0 Å². The van der Waals surface area contributed by atoms with E-state index in [2.05, 4.69) is 47.7 Å². The summed E-state index contributed by atoms with van der Waals surface area (Å²) in [7, 11) is -3.72. The number of aromatic nitrogens is 1. The van der Waals surface area contributed by atoms with Crippen molar-refractivity contribution in [2.75, 3.05) is 5.75 Å². The van der Waals surface area contributed by atoms with Gasteiger partial charge in [-0.05, 0) is 50.9 Å². The maximum atomic E-state index is 13.3. The van der Waals surface area contributed by atoms with Gasteiger partial charge in [-0.25, -0.2) is 9.36 Å². The third-order valence-electron chi connectivity index (χ3n) is 5.94. The molecule has 10 heteroatoms. The number of aryl methyl sites for hydroxylation is 2. The van der Waals surface area contributed by atoms with Gasteiger partial charge in [-0.3, -0.25) is 9.69 Å². The largest absolute Gasteiger partial charge is 1.00 e. The predicted octanol–water partition coefficient (Wildman–Crippen LogP) is 0.197. The van der Waals surface area contributed by atoms with E-state index in [4.69, 9.17) is 4.43 Å². The van der Waals surface area contributed by atoms with E-state index in [9.17, 15) is 9.59 Å². The highest BCUT2D eigenvalue weighted by molar-refractivity contribution is 8.00. The molecule has 1 saturated heterocycles. The van der Waals surface area contributed by atoms with Gasteiger partial charge in [0.1, 0.15) is 25.3 Å². The first-order valence-electron chi connectivity index (χ1n) is 11.6. The molecule has 0 aromatic carbocycles. The number of pyridine rings is 1. The Hall–Kier alpha value is -0.696. The Morgan fingerprint density at radius 3 is 2.48 bits per heavy atom. The minimum Gasteiger partial charge on any atom is -1.00 e. The lowest BCUT2D eigenvalue weighted by Crippen LogP contribution is -3.00. The van der Waals surface area contributed by atoms with Crippen molar-refractivity contribution in [1.29, 1.82) is 0 Å². The molecule has 2 atom stereocenters. The fourth-order valence-corrected chi connectivity index (χ4v) is 7.95. The number of halogens is 1. The number of hydrogen-bond donors (Lipinski definition) is 1. The Morgan fingerprint density at radius 2 is 1.85 bits per heavy atom. The Kier molecular flexibility index (Phi) is 8.25. The number of carbonyl (C=O) groups is 2. The quantitative estimate of drug-likeness (QED) is 0.214. The Balaban J connectivity index is 0.00000306. The van der Waals surface area contributed by atoms with Crippen molar-refractivity contribution in [1.82, 2.24) is 9.88 Å². The topological polar surface area (TPSA) is 62.5 Å². The van der Waals surface area contributed by atoms with Crippen LogP contribution >= 0.6 is 11.8 Å². The van der Waals surface area contributed by atoms with Gasteiger partial charge in [-0.15, -0.1) is 11.8 Å². The van der Waals surface area contributed by atoms with Gasteiger partial charge in [0.15, 0.2) is 18.9 Å². The number of rotatable bonds is 6. The first-order chi connectivity index (χ1) is 14.9. The molecule has 1 aromatic rings. The van der Waals surface area contributed by atoms with Crippen molar-refractivity contribution < 1.29 is 42.6 Å². The summed E-state index contributed by atoms with van der Waals surface area (Å²) in [5, 5.41) is -0.0318. The van der Waals surface area contributed by atoms with Crippen molar-refractivity contribution in [3.8, 4) is 0 Å². The third-order valence-corrected chi connectivity index (χ3v) is 9.26. The lowest BCUT2D eigenvalue weighted by atomic mass is 9.93. The summed E-state index contributed by atoms with van der Waals surface area (Å²) in [5.74, 6) is 0.404. The molecule has 0 spiro atoms. The normalized spacial score (nSPS) is 22.7. The van der Waals surface area contributed by atoms with Gasteiger partial charge in [0.2, 0.25) is 14.2 Å². The molecule has 4 rings (SSSR count). The minimum absolute atomic E-state index is 0. The highest BCUT2D eigenvalue weighted by atomic mass is 127. The number of thioether (sulfide) groups is 1. The van der Waals surface area contributed by atoms with Crippen LogP contribution in [0.4, 0.5) is 0 Å². The van der Waals surface area contributed by atoms with Crippen LogP contribution in [-0.2, 0) is 33.4 Å². The maximum absolute atomic E-state index is 13.3. The smallest absolute Gasteiger partial charge is 0.341 e. The van der Waals surface area contributed by atoms with Crippen LogP contribution in [0.5, 0.6) is 0 Å². The van der Waals surface area contributed by atoms with Crippen LogP contribution < -0.4 is 33.5 Å². The molecule has 1 aliphatic carbocycles. The van der Waals surface area contributed by atoms with Gasteiger partial charge in [-0.1, -0.05) is 19.6 Å². The molecular weight excluding hydrogens is 581 g/mol. The monoisotopic (exact) mass is 617 g/mol. The zero-order valence-corrected chi connectivity index (χ0v) is 25.5. The second-order valence-corrected chi connectivity index (χ2v) is 21.4. The Labute approximate surface area is 221 Å². The number of carbonyl (C=O) groups excluding carboxylic acids is 2. The van der Waals surface area contributed by atoms with Gasteiger partial charge in [0.05, 0.1) is 0 Å². The summed E-state index contributed by atoms with van der Waals surface area (Å²) in [6.07, 6.45) is 9.11. The summed E-state index contributed by atoms with van der Waals surface area (Å²) < 4.78 is 8.06. The van der Waals surface area contributed by atoms with Crippen molar-refractivity contribution in [3.63, 3.8) is 0 Å². The molecule has 1 amide bonds. The average molecular weight is 618 g/mol. The number of hydrogen-bond acceptors (Lipinski definition) is 5. The number of fused-ring (bicyclic) bond motifs is 2. The van der Waals surface area contributed by atoms with Crippen LogP contribution in [0.25, 0.3) is 0 Å². The number of β-lactam (4-membered cyclic amide) rings is 1. The molecule has 1 unspecified atom stereocenters. The summed E-state index contributed by atoms with van der Waals surface area (Å²) in [5.41, 5.74) is 4.32. The van der Waals surface area contributed by atoms with Crippen molar-refractivity contribution in [2.24, 2.45) is 0 Å². The maximum Gasteiger partial charge on any atom is 0.341 e. The SMILES string of the molecule is C[Si](C)(C)NC1C(=O)N2C(C(=O)O[Si](C)(C)C)=C(C[n+]3ccc4c(c3)CCCC4)CS[C@H]12.[I-]. The molecular formula is C23H36IN3O3SSi2. The first-order valence-corrected chi connectivity index (χ1v) is 19.6. The standard InChI is InChI=1S/C23H36N3O3SSi2.HI/c1-31(2,3)24-19-21(27)26-20(23(28)29-32(4,5)6)18(15-30-22(19)26)14-25-12-11-16-9-7-8-10-17(16)13-25;/h11-13,19,22,24H,7-10,14-15H2,1-6H3;1H/q+1;/p-1/t19?,22-;/m1./s1. The highest BCUT2D eigenvalue weighted by Gasteiger charge is 2.55. The second kappa shape index (κ2) is 10.1. The van der Waals surface area contributed by atoms with Crippen LogP contribution in [0.3, 0.4) is 0 Å². The molecule has 182 valence electrons. The van der Waals surface area contributed by atoms with Crippen LogP contribution in [-0.4, -0.2) is 50.5 Å². The molecule has 1 aromatic heterocycles. The lowest BCUT2D eigenvalue weighted by Gasteiger charge is -2.51. The van der Waals surface area contributed by atoms with E-state index in [0.29, 0.717) is 12.2 Å². The van der Waals surface area contributed by atoms with Gasteiger partial charge >= 0.3 is 5.97 Å². The molecule has 33 heavy (non-hydrogen) atoms. The van der Waals surface area contributed by atoms with E-state index in [-0.39, 0.29) is 47.3 Å². The second-order valence-electron chi connectivity index (χ2n) is 11.1. The zero-order chi connectivity index (χ0) is 23.3. The minimum atomic E-state index is -2.09. The molecule has 1 fully saturated rings. The van der Waals surface area contributed by atoms with Crippen LogP contribution in [0.1, 0.15) is 24.0 Å². The molecule has 0 bridgehead atoms. The molecule has 1 N–H and O–H groups in total. The van der Waals surface area contributed by atoms with Gasteiger partial charge in [0.25, 0.3) is 0 Å². The molecule has 0 radical (unpaired) electrons. The van der Waals surface area contributed by atoms with E-state index in [1.165, 1.54) is 24.0 Å². The molecule has 3 heterocycles. The number of nitrogens with one attached hydrogen (secondary N) is 1. The zero-order valence-electron chi connectivity index (χ0n) is 20.5. The summed E-state index contributed by atoms with van der Waals surface area (Å²) in [6, 6.07) is 2.01. The highest BCUT2D eigenvalue weighted by Crippen LogP contribution is 2.41. The van der Waals surface area contributed by atoms with E-state index < -0.39 is 16.6 Å². The van der Waals surface area contributed by atoms with Crippen LogP contribution in [0, 0.1) is 0 Å². The predicted molar refractivity (Wildman–Crippen MR) is 133 cm³/mol. The molecule has 6 nitrogen and oxygen atoms in total. The average Bonchev–Trinajstić information content (AvgIpc) is 2.69. The Bertz CT molecular complexity index is 975. The third kappa shape index (κ3) is 6.11. The molecule has 2 aliphatic heterocycles. The Morgan fingerprint density at radius 1 is 1.18 bits per heavy atom. The first kappa shape index (κ1) is 26.9. The summed E-state index contributed by atoms with van der Waals surface area (Å²) >= 11 is 1.76. The summed E-state index contributed by atoms with van der Waals surface area (Å²) in [6.45, 7) is 13.2. The van der Waals surface area contributed by atoms with Gasteiger partial charge < -0.3 is 33.4 Å². The van der Waals surface area contributed by atoms with E-state index in [1.807, 2.05) is 19.6 Å². The number of amides is 1. The number of nitrogens with zero attached hydrogens (tertiary/aromatic N) is 2. The molecule has 0 saturated carbocycles. The van der Waals surface area contributed by atoms with Crippen molar-refractivity contribution in [3.05, 3.63) is 40.9 Å². The van der Waals surface area contributed by atoms with E-state index in [1.54, 1.807) is 16.7 Å². The lowest BCUT2D eigenvalue weighted by molar-refractivity contribution is -0.689. The van der Waals surface area contributed by atoms with E-state index in [0.717, 1.165) is 24.2 Å². The van der Waals surface area contributed by atoms with Crippen molar-refractivity contribution >= 4 is 40.2 Å².